The first-order chi connectivity index (χ1) is 26.8. The highest BCUT2D eigenvalue weighted by Crippen LogP contribution is 2.39. The summed E-state index contributed by atoms with van der Waals surface area (Å²) in [7, 11) is -3.96. The minimum Gasteiger partial charge on any atom is -0.471 e. The summed E-state index contributed by atoms with van der Waals surface area (Å²) in [6.45, 7) is 6.58. The van der Waals surface area contributed by atoms with Gasteiger partial charge in [0.05, 0.1) is 35.5 Å². The van der Waals surface area contributed by atoms with Crippen LogP contribution < -0.4 is 20.1 Å². The number of hydrogen-bond donors (Lipinski definition) is 3. The van der Waals surface area contributed by atoms with Crippen LogP contribution in [-0.4, -0.2) is 101 Å². The number of amides is 4. The summed E-state index contributed by atoms with van der Waals surface area (Å²) < 4.78 is 77.9. The Kier molecular flexibility index (Phi) is 11.0. The standard InChI is InChI=1S/C39H50F2N6O9S/c1-22-15-17-38(20-22,35(50)46-57(52,53)24-13-14-24)45-32(48)27-19-23-21-47(27)34(49)31(37(2,3)4)44-36(51)56-29-12-7-11-28(29)54-18-8-16-39(40,41)30-33(55-23)43-26-10-6-5-9-25(26)42-30/h5-6,8-10,16,22-24,27-29,31H,7,11-15,17-21H2,1-4H3,(H,44,51)(H,45,48)(H,46,50)/b16-8+/t22?,23-,27+,28-,29-,31-,38-/m1/s1. The second-order valence-corrected chi connectivity index (χ2v) is 19.1. The zero-order valence-corrected chi connectivity index (χ0v) is 33.3. The molecule has 5 aliphatic rings. The molecule has 3 saturated carbocycles. The van der Waals surface area contributed by atoms with E-state index in [0.717, 1.165) is 6.08 Å². The molecule has 7 atom stereocenters. The molecule has 3 aliphatic carbocycles. The number of rotatable bonds is 5. The summed E-state index contributed by atoms with van der Waals surface area (Å²) in [4.78, 5) is 66.3. The zero-order chi connectivity index (χ0) is 40.9. The van der Waals surface area contributed by atoms with Gasteiger partial charge in [0.2, 0.25) is 27.7 Å². The number of ether oxygens (including phenoxy) is 3. The van der Waals surface area contributed by atoms with Crippen LogP contribution in [0.15, 0.2) is 36.4 Å². The van der Waals surface area contributed by atoms with Gasteiger partial charge in [-0.25, -0.2) is 23.2 Å². The number of fused-ring (bicyclic) bond motifs is 5. The van der Waals surface area contributed by atoms with Crippen LogP contribution in [0.2, 0.25) is 0 Å². The van der Waals surface area contributed by atoms with Gasteiger partial charge >= 0.3 is 12.0 Å². The van der Waals surface area contributed by atoms with Gasteiger partial charge in [-0.3, -0.25) is 19.1 Å². The van der Waals surface area contributed by atoms with Crippen LogP contribution in [-0.2, 0) is 39.8 Å². The van der Waals surface area contributed by atoms with Crippen LogP contribution in [0.4, 0.5) is 13.6 Å². The maximum Gasteiger partial charge on any atom is 0.408 e. The number of allylic oxidation sites excluding steroid dienone is 1. The molecule has 1 saturated heterocycles. The number of carbonyl (C=O) groups excluding carboxylic acids is 4. The minimum atomic E-state index is -3.96. The summed E-state index contributed by atoms with van der Waals surface area (Å²) in [6, 6.07) is 3.87. The number of para-hydroxylation sites is 2. The molecule has 310 valence electrons. The van der Waals surface area contributed by atoms with Crippen molar-refractivity contribution in [3.63, 3.8) is 0 Å². The molecule has 57 heavy (non-hydrogen) atoms. The molecule has 1 aromatic heterocycles. The third-order valence-corrected chi connectivity index (χ3v) is 13.3. The van der Waals surface area contributed by atoms with E-state index in [2.05, 4.69) is 25.3 Å². The fourth-order valence-electron chi connectivity index (χ4n) is 8.27. The highest BCUT2D eigenvalue weighted by Gasteiger charge is 2.52. The summed E-state index contributed by atoms with van der Waals surface area (Å²) in [6.07, 6.45) is 1.65. The molecule has 15 nitrogen and oxygen atoms in total. The highest BCUT2D eigenvalue weighted by molar-refractivity contribution is 7.91. The van der Waals surface area contributed by atoms with E-state index in [1.165, 1.54) is 4.90 Å². The minimum absolute atomic E-state index is 0.0425. The summed E-state index contributed by atoms with van der Waals surface area (Å²) >= 11 is 0. The fourth-order valence-corrected chi connectivity index (χ4v) is 9.64. The fraction of sp³-hybridized carbons (Fsp3) is 0.641. The van der Waals surface area contributed by atoms with Crippen LogP contribution in [0.25, 0.3) is 11.0 Å². The lowest BCUT2D eigenvalue weighted by atomic mass is 9.85. The SMILES string of the molecule is CC1CC[C@](NC(=O)[C@@H]2C[C@@H]3CN2C(=O)[C@H](C(C)(C)C)NC(=O)O[C@@H]2CCC[C@H]2OC/C=C/C(F)(F)c2nc4ccccc4nc2O3)(C(=O)NS(=O)(=O)C2CC2)C1. The lowest BCUT2D eigenvalue weighted by Crippen LogP contribution is -2.63. The molecule has 2 bridgehead atoms. The molecule has 0 spiro atoms. The van der Waals surface area contributed by atoms with E-state index in [4.69, 9.17) is 14.2 Å². The maximum atomic E-state index is 16.1. The predicted octanol–water partition coefficient (Wildman–Crippen LogP) is 4.00. The van der Waals surface area contributed by atoms with Gasteiger partial charge in [-0.05, 0) is 80.9 Å². The van der Waals surface area contributed by atoms with Crippen molar-refractivity contribution < 1.29 is 50.6 Å². The Morgan fingerprint density at radius 1 is 1.00 bits per heavy atom. The number of carbonyl (C=O) groups is 4. The van der Waals surface area contributed by atoms with Crippen LogP contribution in [0, 0.1) is 11.3 Å². The summed E-state index contributed by atoms with van der Waals surface area (Å²) in [5, 5.41) is 4.85. The molecule has 2 aromatic rings. The van der Waals surface area contributed by atoms with Gasteiger partial charge in [0.25, 0.3) is 5.91 Å². The maximum absolute atomic E-state index is 16.1. The summed E-state index contributed by atoms with van der Waals surface area (Å²) in [5.41, 5.74) is -2.84. The van der Waals surface area contributed by atoms with Crippen molar-refractivity contribution in [2.45, 2.75) is 133 Å². The topological polar surface area (TPSA) is 195 Å². The number of nitrogens with zero attached hydrogens (tertiary/aromatic N) is 3. The largest absolute Gasteiger partial charge is 0.471 e. The molecule has 3 heterocycles. The van der Waals surface area contributed by atoms with E-state index in [-0.39, 0.29) is 49.4 Å². The van der Waals surface area contributed by atoms with Crippen LogP contribution in [0.3, 0.4) is 0 Å². The second-order valence-electron chi connectivity index (χ2n) is 17.2. The van der Waals surface area contributed by atoms with Gasteiger partial charge in [0.1, 0.15) is 29.8 Å². The number of hydrogen-bond acceptors (Lipinski definition) is 11. The van der Waals surface area contributed by atoms with Gasteiger partial charge in [0.15, 0.2) is 5.69 Å². The lowest BCUT2D eigenvalue weighted by molar-refractivity contribution is -0.143. The highest BCUT2D eigenvalue weighted by atomic mass is 32.2. The lowest BCUT2D eigenvalue weighted by Gasteiger charge is -2.36. The summed E-state index contributed by atoms with van der Waals surface area (Å²) in [5.74, 6) is -6.55. The number of alkyl carbamates (subject to hydrolysis) is 1. The quantitative estimate of drug-likeness (QED) is 0.369. The van der Waals surface area contributed by atoms with E-state index in [9.17, 15) is 27.6 Å². The number of benzene rings is 1. The number of aromatic nitrogens is 2. The Morgan fingerprint density at radius 3 is 2.37 bits per heavy atom. The monoisotopic (exact) mass is 816 g/mol. The van der Waals surface area contributed by atoms with Gasteiger partial charge in [-0.15, -0.1) is 0 Å². The van der Waals surface area contributed by atoms with Crippen LogP contribution in [0.5, 0.6) is 5.88 Å². The molecule has 3 N–H and O–H groups in total. The molecule has 7 rings (SSSR count). The number of nitrogens with one attached hydrogen (secondary N) is 3. The van der Waals surface area contributed by atoms with E-state index >= 15 is 8.78 Å². The van der Waals surface area contributed by atoms with E-state index < -0.39 is 97.9 Å². The van der Waals surface area contributed by atoms with Gasteiger partial charge in [-0.2, -0.15) is 8.78 Å². The third kappa shape index (κ3) is 8.71. The van der Waals surface area contributed by atoms with Crippen molar-refractivity contribution in [1.29, 1.82) is 0 Å². The smallest absolute Gasteiger partial charge is 0.408 e. The average molecular weight is 817 g/mol. The van der Waals surface area contributed by atoms with Crippen molar-refractivity contribution in [2.75, 3.05) is 13.2 Å². The Balaban J connectivity index is 1.26. The zero-order valence-electron chi connectivity index (χ0n) is 32.5. The van der Waals surface area contributed by atoms with Crippen LogP contribution >= 0.6 is 0 Å². The first kappa shape index (κ1) is 40.7. The average Bonchev–Trinajstić information content (AvgIpc) is 3.63. The number of alkyl halides is 2. The van der Waals surface area contributed by atoms with E-state index in [1.807, 2.05) is 6.92 Å². The Hall–Kier alpha value is -4.45. The molecule has 0 radical (unpaired) electrons. The third-order valence-electron chi connectivity index (χ3n) is 11.5. The van der Waals surface area contributed by atoms with E-state index in [1.54, 1.807) is 45.0 Å². The van der Waals surface area contributed by atoms with E-state index in [0.29, 0.717) is 44.6 Å². The predicted molar refractivity (Wildman–Crippen MR) is 201 cm³/mol. The molecule has 1 unspecified atom stereocenters. The van der Waals surface area contributed by atoms with Crippen molar-refractivity contribution in [1.82, 2.24) is 30.2 Å². The van der Waals surface area contributed by atoms with Crippen molar-refractivity contribution in [3.8, 4) is 5.88 Å². The van der Waals surface area contributed by atoms with Crippen molar-refractivity contribution in [3.05, 3.63) is 42.1 Å². The number of sulfonamides is 1. The Labute approximate surface area is 330 Å². The van der Waals surface area contributed by atoms with Crippen molar-refractivity contribution >= 4 is 44.9 Å². The molecule has 4 amide bonds. The van der Waals surface area contributed by atoms with Gasteiger partial charge in [-0.1, -0.05) is 45.9 Å². The molecule has 2 aliphatic heterocycles. The van der Waals surface area contributed by atoms with Crippen molar-refractivity contribution in [2.24, 2.45) is 11.3 Å². The first-order valence-corrected chi connectivity index (χ1v) is 21.2. The number of halogens is 2. The van der Waals surface area contributed by atoms with Gasteiger partial charge < -0.3 is 29.7 Å². The second kappa shape index (κ2) is 15.4. The molecule has 18 heteroatoms. The Morgan fingerprint density at radius 2 is 1.70 bits per heavy atom. The normalized spacial score (nSPS) is 31.5. The first-order valence-electron chi connectivity index (χ1n) is 19.6. The van der Waals surface area contributed by atoms with Crippen LogP contribution in [0.1, 0.15) is 91.2 Å². The molecule has 4 fully saturated rings. The molecular formula is C39H50F2N6O9S. The molecule has 1 aromatic carbocycles. The van der Waals surface area contributed by atoms with Gasteiger partial charge in [0, 0.05) is 6.42 Å². The molecular weight excluding hydrogens is 767 g/mol. The Bertz CT molecular complexity index is 2060.